The fraction of sp³-hybridized carbons (Fsp3) is 0.667. The Morgan fingerprint density at radius 3 is 2.17 bits per heavy atom. The van der Waals surface area contributed by atoms with Gasteiger partial charge in [0, 0.05) is 17.8 Å². The Kier molecular flexibility index (Phi) is 11.2. The summed E-state index contributed by atoms with van der Waals surface area (Å²) in [4.78, 5) is 14.0. The predicted molar refractivity (Wildman–Crippen MR) is 104 cm³/mol. The zero-order valence-corrected chi connectivity index (χ0v) is 15.5. The molecule has 0 unspecified atom stereocenters. The van der Waals surface area contributed by atoms with Crippen LogP contribution >= 0.6 is 0 Å². The third kappa shape index (κ3) is 9.07. The van der Waals surface area contributed by atoms with Crippen molar-refractivity contribution in [2.45, 2.75) is 70.6 Å². The molecule has 1 aliphatic heterocycles. The van der Waals surface area contributed by atoms with Crippen molar-refractivity contribution in [3.8, 4) is 0 Å². The van der Waals surface area contributed by atoms with Crippen molar-refractivity contribution in [2.75, 3.05) is 19.6 Å². The minimum absolute atomic E-state index is 0.312. The van der Waals surface area contributed by atoms with Crippen LogP contribution < -0.4 is 5.32 Å². The molecule has 24 heavy (non-hydrogen) atoms. The van der Waals surface area contributed by atoms with E-state index in [1.807, 2.05) is 11.0 Å². The molecule has 0 atom stereocenters. The molecule has 1 fully saturated rings. The molecule has 1 aliphatic rings. The van der Waals surface area contributed by atoms with Gasteiger partial charge in [-0.1, -0.05) is 38.5 Å². The topological polar surface area (TPSA) is 32.3 Å². The van der Waals surface area contributed by atoms with E-state index in [4.69, 9.17) is 0 Å². The molecule has 0 aromatic heterocycles. The van der Waals surface area contributed by atoms with Crippen LogP contribution in [-0.4, -0.2) is 30.3 Å². The number of hydrogen-bond donors (Lipinski definition) is 1. The van der Waals surface area contributed by atoms with Crippen LogP contribution in [-0.2, 0) is 4.79 Å². The number of nitrogens with one attached hydrogen (secondary N) is 1. The Hall–Kier alpha value is -1.35. The summed E-state index contributed by atoms with van der Waals surface area (Å²) in [5.41, 5.74) is 2.09. The zero-order chi connectivity index (χ0) is 17.6. The lowest BCUT2D eigenvalue weighted by Gasteiger charge is -2.19. The number of hydrogen-bond acceptors (Lipinski definition) is 3. The van der Waals surface area contributed by atoms with Crippen molar-refractivity contribution in [1.82, 2.24) is 10.2 Å². The van der Waals surface area contributed by atoms with Gasteiger partial charge in [0.15, 0.2) is 5.78 Å². The first kappa shape index (κ1) is 20.7. The highest BCUT2D eigenvalue weighted by Crippen LogP contribution is 2.27. The number of carbonyl (C=O) groups excluding carboxylic acids is 1. The Bertz CT molecular complexity index is 398. The van der Waals surface area contributed by atoms with E-state index >= 15 is 0 Å². The molecule has 0 amide bonds. The molecule has 0 aromatic carbocycles. The lowest BCUT2D eigenvalue weighted by atomic mass is 10.1. The number of unbranched alkanes of at least 4 members (excludes halogenated alkanes) is 6. The molecule has 0 radical (unpaired) electrons. The maximum Gasteiger partial charge on any atom is 0.152 e. The summed E-state index contributed by atoms with van der Waals surface area (Å²) in [5, 5.41) is 3.50. The van der Waals surface area contributed by atoms with Crippen LogP contribution in [0.25, 0.3) is 0 Å². The molecule has 136 valence electrons. The van der Waals surface area contributed by atoms with E-state index < -0.39 is 0 Å². The highest BCUT2D eigenvalue weighted by atomic mass is 16.1. The van der Waals surface area contributed by atoms with Crippen LogP contribution in [0, 0.1) is 0 Å². The fourth-order valence-electron chi connectivity index (χ4n) is 3.03. The summed E-state index contributed by atoms with van der Waals surface area (Å²) >= 11 is 0. The summed E-state index contributed by atoms with van der Waals surface area (Å²) in [6, 6.07) is 0. The molecule has 3 heteroatoms. The average Bonchev–Trinajstić information content (AvgIpc) is 2.88. The van der Waals surface area contributed by atoms with Crippen molar-refractivity contribution >= 4 is 5.78 Å². The van der Waals surface area contributed by atoms with E-state index in [2.05, 4.69) is 25.1 Å². The Morgan fingerprint density at radius 1 is 0.958 bits per heavy atom. The first-order valence-electron chi connectivity index (χ1n) is 9.61. The van der Waals surface area contributed by atoms with Crippen molar-refractivity contribution in [1.29, 1.82) is 0 Å². The van der Waals surface area contributed by atoms with Crippen LogP contribution in [0.3, 0.4) is 0 Å². The van der Waals surface area contributed by atoms with Crippen LogP contribution in [0.15, 0.2) is 37.2 Å². The maximum absolute atomic E-state index is 12.0. The summed E-state index contributed by atoms with van der Waals surface area (Å²) in [6.45, 7) is 14.4. The lowest BCUT2D eigenvalue weighted by Crippen LogP contribution is -2.23. The normalized spacial score (nSPS) is 14.4. The van der Waals surface area contributed by atoms with Crippen molar-refractivity contribution in [3.05, 3.63) is 37.2 Å². The number of Topliss-reactive ketones (excluding diaryl/α,β-unsaturated/α-hetero) is 1. The van der Waals surface area contributed by atoms with Crippen LogP contribution in [0.4, 0.5) is 0 Å². The summed E-state index contributed by atoms with van der Waals surface area (Å²) < 4.78 is 0. The molecule has 0 aromatic rings. The van der Waals surface area contributed by atoms with E-state index in [1.54, 1.807) is 0 Å². The molecular weight excluding hydrogens is 296 g/mol. The molecule has 1 rings (SSSR count). The van der Waals surface area contributed by atoms with Crippen LogP contribution in [0.2, 0.25) is 0 Å². The molecule has 0 spiro atoms. The smallest absolute Gasteiger partial charge is 0.152 e. The minimum atomic E-state index is 0.312. The largest absolute Gasteiger partial charge is 0.342 e. The number of rotatable bonds is 15. The molecule has 1 heterocycles. The second kappa shape index (κ2) is 13.0. The van der Waals surface area contributed by atoms with Crippen molar-refractivity contribution in [2.24, 2.45) is 0 Å². The SMILES string of the molecule is C=CCCCCCCNCCCCCC(=O)CN1C(=C)CCC1=C. The molecular formula is C21H36N2O. The van der Waals surface area contributed by atoms with E-state index in [0.717, 1.165) is 63.0 Å². The quantitative estimate of drug-likeness (QED) is 0.339. The molecule has 0 saturated carbocycles. The lowest BCUT2D eigenvalue weighted by molar-refractivity contribution is -0.119. The highest BCUT2D eigenvalue weighted by Gasteiger charge is 2.20. The number of allylic oxidation sites excluding steroid dienone is 3. The van der Waals surface area contributed by atoms with E-state index in [-0.39, 0.29) is 0 Å². The van der Waals surface area contributed by atoms with Gasteiger partial charge < -0.3 is 10.2 Å². The molecule has 3 nitrogen and oxygen atoms in total. The van der Waals surface area contributed by atoms with E-state index in [9.17, 15) is 4.79 Å². The van der Waals surface area contributed by atoms with Crippen molar-refractivity contribution < 1.29 is 4.79 Å². The average molecular weight is 333 g/mol. The van der Waals surface area contributed by atoms with Gasteiger partial charge in [0.05, 0.1) is 6.54 Å². The zero-order valence-electron chi connectivity index (χ0n) is 15.5. The number of ketones is 1. The second-order valence-electron chi connectivity index (χ2n) is 6.81. The third-order valence-corrected chi connectivity index (χ3v) is 4.62. The van der Waals surface area contributed by atoms with Gasteiger partial charge in [-0.15, -0.1) is 6.58 Å². The molecule has 0 bridgehead atoms. The molecule has 0 aliphatic carbocycles. The predicted octanol–water partition coefficient (Wildman–Crippen LogP) is 4.97. The second-order valence-corrected chi connectivity index (χ2v) is 6.81. The van der Waals surface area contributed by atoms with Gasteiger partial charge in [0.1, 0.15) is 0 Å². The first-order chi connectivity index (χ1) is 11.6. The van der Waals surface area contributed by atoms with Gasteiger partial charge in [0.25, 0.3) is 0 Å². The van der Waals surface area contributed by atoms with Gasteiger partial charge in [-0.2, -0.15) is 0 Å². The monoisotopic (exact) mass is 332 g/mol. The van der Waals surface area contributed by atoms with Gasteiger partial charge in [-0.05, 0) is 58.0 Å². The van der Waals surface area contributed by atoms with Gasteiger partial charge >= 0.3 is 0 Å². The van der Waals surface area contributed by atoms with E-state index in [0.29, 0.717) is 18.7 Å². The van der Waals surface area contributed by atoms with E-state index in [1.165, 1.54) is 25.7 Å². The first-order valence-corrected chi connectivity index (χ1v) is 9.61. The van der Waals surface area contributed by atoms with Crippen LogP contribution in [0.1, 0.15) is 70.6 Å². The minimum Gasteiger partial charge on any atom is -0.342 e. The molecule has 1 N–H and O–H groups in total. The van der Waals surface area contributed by atoms with Gasteiger partial charge in [-0.25, -0.2) is 0 Å². The summed E-state index contributed by atoms with van der Waals surface area (Å²) in [6.07, 6.45) is 14.2. The summed E-state index contributed by atoms with van der Waals surface area (Å²) in [7, 11) is 0. The Balaban J connectivity index is 1.88. The summed E-state index contributed by atoms with van der Waals surface area (Å²) in [5.74, 6) is 0.312. The third-order valence-electron chi connectivity index (χ3n) is 4.62. The maximum atomic E-state index is 12.0. The highest BCUT2D eigenvalue weighted by molar-refractivity contribution is 5.81. The Labute approximate surface area is 148 Å². The number of likely N-dealkylation sites (tertiary alicyclic amines) is 1. The Morgan fingerprint density at radius 2 is 1.54 bits per heavy atom. The van der Waals surface area contributed by atoms with Gasteiger partial charge in [0.2, 0.25) is 0 Å². The van der Waals surface area contributed by atoms with Crippen molar-refractivity contribution in [3.63, 3.8) is 0 Å². The molecule has 1 saturated heterocycles. The van der Waals surface area contributed by atoms with Crippen LogP contribution in [0.5, 0.6) is 0 Å². The van der Waals surface area contributed by atoms with Gasteiger partial charge in [-0.3, -0.25) is 4.79 Å². The number of nitrogens with zero attached hydrogens (tertiary/aromatic N) is 1. The fourth-order valence-corrected chi connectivity index (χ4v) is 3.03. The standard InChI is InChI=1S/C21H36N2O/c1-4-5-6-7-8-11-16-22-17-12-9-10-13-21(24)18-23-19(2)14-15-20(23)3/h4,22H,1-3,5-18H2. The number of carbonyl (C=O) groups is 1.